The lowest BCUT2D eigenvalue weighted by Gasteiger charge is -2.24. The summed E-state index contributed by atoms with van der Waals surface area (Å²) >= 11 is 0. The van der Waals surface area contributed by atoms with E-state index in [9.17, 15) is 14.4 Å². The van der Waals surface area contributed by atoms with E-state index in [0.29, 0.717) is 11.3 Å². The number of rotatable bonds is 4. The number of carbonyl (C=O) groups is 3. The molecule has 2 N–H and O–H groups in total. The van der Waals surface area contributed by atoms with Crippen molar-refractivity contribution < 1.29 is 14.4 Å². The molecule has 0 spiro atoms. The molecule has 1 saturated heterocycles. The van der Waals surface area contributed by atoms with Crippen LogP contribution in [0.4, 0.5) is 10.5 Å². The van der Waals surface area contributed by atoms with Crippen molar-refractivity contribution in [3.63, 3.8) is 0 Å². The van der Waals surface area contributed by atoms with Crippen molar-refractivity contribution in [2.45, 2.75) is 38.6 Å². The highest BCUT2D eigenvalue weighted by molar-refractivity contribution is 6.10. The Hall–Kier alpha value is -3.15. The second-order valence-corrected chi connectivity index (χ2v) is 8.19. The molecule has 3 rings (SSSR count). The van der Waals surface area contributed by atoms with Crippen LogP contribution in [0.1, 0.15) is 38.8 Å². The Morgan fingerprint density at radius 3 is 2.21 bits per heavy atom. The Balaban J connectivity index is 1.76. The van der Waals surface area contributed by atoms with Gasteiger partial charge >= 0.3 is 6.03 Å². The Morgan fingerprint density at radius 2 is 1.64 bits per heavy atom. The fraction of sp³-hybridized carbons (Fsp3) is 0.318. The summed E-state index contributed by atoms with van der Waals surface area (Å²) in [5, 5.41) is 5.42. The summed E-state index contributed by atoms with van der Waals surface area (Å²) in [5.74, 6) is -0.869. The first-order chi connectivity index (χ1) is 13.1. The zero-order chi connectivity index (χ0) is 20.5. The number of hydrogen-bond acceptors (Lipinski definition) is 3. The third-order valence-corrected chi connectivity index (χ3v) is 4.96. The van der Waals surface area contributed by atoms with E-state index in [2.05, 4.69) is 31.4 Å². The normalized spacial score (nSPS) is 19.5. The Bertz CT molecular complexity index is 901. The number of amides is 4. The van der Waals surface area contributed by atoms with Crippen LogP contribution in [0.25, 0.3) is 0 Å². The first-order valence-corrected chi connectivity index (χ1v) is 9.21. The molecule has 6 nitrogen and oxygen atoms in total. The molecule has 0 unspecified atom stereocenters. The van der Waals surface area contributed by atoms with Crippen LogP contribution in [0.5, 0.6) is 0 Å². The molecule has 1 aliphatic rings. The molecule has 0 bridgehead atoms. The second-order valence-electron chi connectivity index (χ2n) is 8.19. The molecule has 1 aliphatic heterocycles. The molecule has 2 aromatic rings. The van der Waals surface area contributed by atoms with Crippen molar-refractivity contribution in [1.82, 2.24) is 10.2 Å². The van der Waals surface area contributed by atoms with Crippen LogP contribution in [0.15, 0.2) is 54.6 Å². The SMILES string of the molecule is CC(C)(C)c1ccc([C@]2(C)NC(=O)N(CC(=O)Nc3ccccc3)C2=O)cc1. The number of imide groups is 1. The molecule has 0 radical (unpaired) electrons. The molecule has 2 aromatic carbocycles. The first-order valence-electron chi connectivity index (χ1n) is 9.21. The van der Waals surface area contributed by atoms with Gasteiger partial charge in [-0.15, -0.1) is 0 Å². The summed E-state index contributed by atoms with van der Waals surface area (Å²) < 4.78 is 0. The minimum Gasteiger partial charge on any atom is -0.325 e. The lowest BCUT2D eigenvalue weighted by Crippen LogP contribution is -2.42. The number of hydrogen-bond donors (Lipinski definition) is 2. The summed E-state index contributed by atoms with van der Waals surface area (Å²) in [6.07, 6.45) is 0. The minimum atomic E-state index is -1.19. The van der Waals surface area contributed by atoms with Gasteiger partial charge in [0.1, 0.15) is 12.1 Å². The predicted molar refractivity (Wildman–Crippen MR) is 108 cm³/mol. The van der Waals surface area contributed by atoms with Crippen molar-refractivity contribution in [3.8, 4) is 0 Å². The second kappa shape index (κ2) is 7.11. The van der Waals surface area contributed by atoms with Gasteiger partial charge in [-0.1, -0.05) is 63.2 Å². The molecule has 4 amide bonds. The van der Waals surface area contributed by atoms with Crippen molar-refractivity contribution in [2.24, 2.45) is 0 Å². The van der Waals surface area contributed by atoms with Crippen LogP contribution in [0, 0.1) is 0 Å². The van der Waals surface area contributed by atoms with E-state index in [1.165, 1.54) is 0 Å². The summed E-state index contributed by atoms with van der Waals surface area (Å²) in [6, 6.07) is 16.0. The number of anilines is 1. The molecule has 28 heavy (non-hydrogen) atoms. The summed E-state index contributed by atoms with van der Waals surface area (Å²) in [5.41, 5.74) is 1.23. The van der Waals surface area contributed by atoms with Gasteiger partial charge < -0.3 is 10.6 Å². The van der Waals surface area contributed by atoms with Gasteiger partial charge in [-0.05, 0) is 35.6 Å². The van der Waals surface area contributed by atoms with E-state index in [1.807, 2.05) is 30.3 Å². The van der Waals surface area contributed by atoms with Crippen LogP contribution in [-0.4, -0.2) is 29.3 Å². The average Bonchev–Trinajstić information content (AvgIpc) is 2.86. The zero-order valence-corrected chi connectivity index (χ0v) is 16.6. The Kier molecular flexibility index (Phi) is 4.98. The highest BCUT2D eigenvalue weighted by Gasteiger charge is 2.49. The largest absolute Gasteiger partial charge is 0.325 e. The lowest BCUT2D eigenvalue weighted by atomic mass is 9.84. The number of carbonyl (C=O) groups excluding carboxylic acids is 3. The fourth-order valence-corrected chi connectivity index (χ4v) is 3.21. The van der Waals surface area contributed by atoms with E-state index in [0.717, 1.165) is 10.5 Å². The first kappa shape index (κ1) is 19.6. The molecule has 1 heterocycles. The third-order valence-electron chi connectivity index (χ3n) is 4.96. The maximum atomic E-state index is 13.0. The molecular formula is C22H25N3O3. The molecule has 0 aliphatic carbocycles. The number of para-hydroxylation sites is 1. The summed E-state index contributed by atoms with van der Waals surface area (Å²) in [7, 11) is 0. The number of nitrogens with zero attached hydrogens (tertiary/aromatic N) is 1. The van der Waals surface area contributed by atoms with Gasteiger partial charge in [-0.2, -0.15) is 0 Å². The van der Waals surface area contributed by atoms with Crippen LogP contribution in [0.2, 0.25) is 0 Å². The molecule has 0 aromatic heterocycles. The van der Waals surface area contributed by atoms with Crippen LogP contribution in [-0.2, 0) is 20.5 Å². The zero-order valence-electron chi connectivity index (χ0n) is 16.6. The maximum absolute atomic E-state index is 13.0. The quantitative estimate of drug-likeness (QED) is 0.800. The van der Waals surface area contributed by atoms with Gasteiger partial charge in [-0.3, -0.25) is 14.5 Å². The molecule has 1 atom stereocenters. The molecule has 0 saturated carbocycles. The van der Waals surface area contributed by atoms with Crippen molar-refractivity contribution in [1.29, 1.82) is 0 Å². The van der Waals surface area contributed by atoms with Gasteiger partial charge in [0, 0.05) is 5.69 Å². The molecule has 1 fully saturated rings. The predicted octanol–water partition coefficient (Wildman–Crippen LogP) is 3.39. The van der Waals surface area contributed by atoms with Crippen LogP contribution in [0.3, 0.4) is 0 Å². The van der Waals surface area contributed by atoms with Gasteiger partial charge in [0.05, 0.1) is 0 Å². The van der Waals surface area contributed by atoms with Gasteiger partial charge in [0.2, 0.25) is 5.91 Å². The highest BCUT2D eigenvalue weighted by Crippen LogP contribution is 2.31. The van der Waals surface area contributed by atoms with E-state index >= 15 is 0 Å². The van der Waals surface area contributed by atoms with Crippen LogP contribution < -0.4 is 10.6 Å². The van der Waals surface area contributed by atoms with E-state index < -0.39 is 23.4 Å². The molecule has 6 heteroatoms. The topological polar surface area (TPSA) is 78.5 Å². The van der Waals surface area contributed by atoms with Crippen molar-refractivity contribution in [2.75, 3.05) is 11.9 Å². The minimum absolute atomic E-state index is 0.00999. The lowest BCUT2D eigenvalue weighted by molar-refractivity contribution is -0.133. The van der Waals surface area contributed by atoms with E-state index in [-0.39, 0.29) is 12.0 Å². The van der Waals surface area contributed by atoms with E-state index in [1.54, 1.807) is 31.2 Å². The average molecular weight is 379 g/mol. The van der Waals surface area contributed by atoms with Crippen molar-refractivity contribution >= 4 is 23.5 Å². The smallest absolute Gasteiger partial charge is 0.325 e. The van der Waals surface area contributed by atoms with Gasteiger partial charge in [-0.25, -0.2) is 4.79 Å². The van der Waals surface area contributed by atoms with Gasteiger partial charge in [0.25, 0.3) is 5.91 Å². The number of benzene rings is 2. The molecule has 146 valence electrons. The van der Waals surface area contributed by atoms with E-state index in [4.69, 9.17) is 0 Å². The Morgan fingerprint density at radius 1 is 1.04 bits per heavy atom. The standard InChI is InChI=1S/C22H25N3O3/c1-21(2,3)15-10-12-16(13-11-15)22(4)19(27)25(20(28)24-22)14-18(26)23-17-8-6-5-7-9-17/h5-13H,14H2,1-4H3,(H,23,26)(H,24,28)/t22-/m0/s1. The fourth-order valence-electron chi connectivity index (χ4n) is 3.21. The van der Waals surface area contributed by atoms with Crippen molar-refractivity contribution in [3.05, 3.63) is 65.7 Å². The summed E-state index contributed by atoms with van der Waals surface area (Å²) in [6.45, 7) is 7.65. The Labute approximate surface area is 164 Å². The monoisotopic (exact) mass is 379 g/mol. The van der Waals surface area contributed by atoms with Gasteiger partial charge in [0.15, 0.2) is 0 Å². The number of urea groups is 1. The summed E-state index contributed by atoms with van der Waals surface area (Å²) in [4.78, 5) is 38.6. The van der Waals surface area contributed by atoms with Crippen LogP contribution >= 0.6 is 0 Å². The maximum Gasteiger partial charge on any atom is 0.325 e. The third kappa shape index (κ3) is 3.76. The number of nitrogens with one attached hydrogen (secondary N) is 2. The highest BCUT2D eigenvalue weighted by atomic mass is 16.2. The molecular weight excluding hydrogens is 354 g/mol.